The van der Waals surface area contributed by atoms with Crippen molar-refractivity contribution in [3.63, 3.8) is 0 Å². The van der Waals surface area contributed by atoms with E-state index >= 15 is 0 Å². The van der Waals surface area contributed by atoms with Gasteiger partial charge in [-0.05, 0) is 48.8 Å². The summed E-state index contributed by atoms with van der Waals surface area (Å²) in [6.45, 7) is 4.38. The first-order valence-electron chi connectivity index (χ1n) is 9.36. The highest BCUT2D eigenvalue weighted by atomic mass is 16.2. The van der Waals surface area contributed by atoms with Crippen LogP contribution in [0.15, 0.2) is 24.5 Å². The van der Waals surface area contributed by atoms with Gasteiger partial charge in [0.1, 0.15) is 0 Å². The molecule has 2 aliphatic heterocycles. The summed E-state index contributed by atoms with van der Waals surface area (Å²) in [5.41, 5.74) is 1.31. The minimum atomic E-state index is -0.0364. The maximum Gasteiger partial charge on any atom is 0.317 e. The SMILES string of the molecule is C[C@@H]1C[C@H]1N1C[C@@H](NC(=O)N2CCC(c3ccncc3)CC2)CC1=O. The van der Waals surface area contributed by atoms with Crippen molar-refractivity contribution in [1.82, 2.24) is 20.1 Å². The van der Waals surface area contributed by atoms with Crippen LogP contribution in [0.3, 0.4) is 0 Å². The van der Waals surface area contributed by atoms with E-state index in [-0.39, 0.29) is 18.0 Å². The molecule has 134 valence electrons. The van der Waals surface area contributed by atoms with Gasteiger partial charge in [-0.1, -0.05) is 6.92 Å². The van der Waals surface area contributed by atoms with E-state index in [4.69, 9.17) is 0 Å². The second-order valence-corrected chi connectivity index (χ2v) is 7.72. The van der Waals surface area contributed by atoms with E-state index in [1.807, 2.05) is 22.2 Å². The van der Waals surface area contributed by atoms with E-state index in [2.05, 4.69) is 29.4 Å². The Balaban J connectivity index is 1.26. The molecule has 3 fully saturated rings. The lowest BCUT2D eigenvalue weighted by molar-refractivity contribution is -0.128. The zero-order valence-corrected chi connectivity index (χ0v) is 14.7. The molecule has 0 unspecified atom stereocenters. The number of aromatic nitrogens is 1. The quantitative estimate of drug-likeness (QED) is 0.913. The lowest BCUT2D eigenvalue weighted by Gasteiger charge is -2.33. The normalized spacial score (nSPS) is 29.8. The number of amides is 3. The van der Waals surface area contributed by atoms with Crippen molar-refractivity contribution in [3.05, 3.63) is 30.1 Å². The summed E-state index contributed by atoms with van der Waals surface area (Å²) >= 11 is 0. The summed E-state index contributed by atoms with van der Waals surface area (Å²) < 4.78 is 0. The van der Waals surface area contributed by atoms with Gasteiger partial charge in [0.15, 0.2) is 0 Å². The Morgan fingerprint density at radius 3 is 2.56 bits per heavy atom. The molecule has 1 N–H and O–H groups in total. The molecule has 3 heterocycles. The standard InChI is InChI=1S/C19H26N4O2/c1-13-10-17(13)23-12-16(11-18(23)24)21-19(25)22-8-4-15(5-9-22)14-2-6-20-7-3-14/h2-3,6-7,13,15-17H,4-5,8-12H2,1H3,(H,21,25)/t13-,16+,17-/m1/s1. The summed E-state index contributed by atoms with van der Waals surface area (Å²) in [7, 11) is 0. The van der Waals surface area contributed by atoms with Crippen LogP contribution in [0.4, 0.5) is 4.79 Å². The Morgan fingerprint density at radius 2 is 1.92 bits per heavy atom. The van der Waals surface area contributed by atoms with Crippen molar-refractivity contribution in [3.8, 4) is 0 Å². The van der Waals surface area contributed by atoms with Crippen LogP contribution in [0.2, 0.25) is 0 Å². The number of rotatable bonds is 3. The summed E-state index contributed by atoms with van der Waals surface area (Å²) in [6, 6.07) is 4.49. The van der Waals surface area contributed by atoms with Crippen LogP contribution in [0.1, 0.15) is 44.1 Å². The molecule has 3 amide bonds. The maximum absolute atomic E-state index is 12.5. The molecular formula is C19H26N4O2. The number of likely N-dealkylation sites (tertiary alicyclic amines) is 2. The topological polar surface area (TPSA) is 65.5 Å². The number of carbonyl (C=O) groups is 2. The predicted octanol–water partition coefficient (Wildman–Crippen LogP) is 1.98. The van der Waals surface area contributed by atoms with Crippen LogP contribution in [0, 0.1) is 5.92 Å². The summed E-state index contributed by atoms with van der Waals surface area (Å²) in [5, 5.41) is 3.08. The molecule has 0 bridgehead atoms. The van der Waals surface area contributed by atoms with E-state index in [0.29, 0.717) is 30.8 Å². The third kappa shape index (κ3) is 3.48. The Bertz CT molecular complexity index is 642. The van der Waals surface area contributed by atoms with Crippen LogP contribution >= 0.6 is 0 Å². The predicted molar refractivity (Wildman–Crippen MR) is 94.0 cm³/mol. The van der Waals surface area contributed by atoms with Crippen molar-refractivity contribution in [2.45, 2.75) is 50.6 Å². The van der Waals surface area contributed by atoms with E-state index in [1.165, 1.54) is 5.56 Å². The number of piperidine rings is 1. The Hall–Kier alpha value is -2.11. The van der Waals surface area contributed by atoms with Crippen LogP contribution in [0.5, 0.6) is 0 Å². The largest absolute Gasteiger partial charge is 0.337 e. The first-order chi connectivity index (χ1) is 12.1. The molecule has 3 aliphatic rings. The maximum atomic E-state index is 12.5. The minimum Gasteiger partial charge on any atom is -0.337 e. The molecule has 1 aliphatic carbocycles. The highest BCUT2D eigenvalue weighted by Crippen LogP contribution is 2.37. The average Bonchev–Trinajstić information content (AvgIpc) is 3.25. The minimum absolute atomic E-state index is 0.0170. The number of pyridine rings is 1. The number of nitrogens with zero attached hydrogens (tertiary/aromatic N) is 3. The zero-order valence-electron chi connectivity index (χ0n) is 14.7. The van der Waals surface area contributed by atoms with Gasteiger partial charge in [-0.15, -0.1) is 0 Å². The van der Waals surface area contributed by atoms with Gasteiger partial charge in [-0.2, -0.15) is 0 Å². The second kappa shape index (κ2) is 6.65. The third-order valence-corrected chi connectivity index (χ3v) is 5.91. The van der Waals surface area contributed by atoms with Gasteiger partial charge in [-0.3, -0.25) is 9.78 Å². The van der Waals surface area contributed by atoms with Gasteiger partial charge in [0, 0.05) is 44.5 Å². The highest BCUT2D eigenvalue weighted by molar-refractivity contribution is 5.82. The number of nitrogens with one attached hydrogen (secondary N) is 1. The van der Waals surface area contributed by atoms with Crippen LogP contribution in [-0.2, 0) is 4.79 Å². The molecule has 3 atom stereocenters. The number of hydrogen-bond acceptors (Lipinski definition) is 3. The van der Waals surface area contributed by atoms with Crippen molar-refractivity contribution < 1.29 is 9.59 Å². The van der Waals surface area contributed by atoms with Crippen molar-refractivity contribution in [1.29, 1.82) is 0 Å². The molecular weight excluding hydrogens is 316 g/mol. The molecule has 1 aromatic heterocycles. The Kier molecular flexibility index (Phi) is 4.36. The van der Waals surface area contributed by atoms with Gasteiger partial charge in [0.25, 0.3) is 0 Å². The molecule has 25 heavy (non-hydrogen) atoms. The van der Waals surface area contributed by atoms with Gasteiger partial charge >= 0.3 is 6.03 Å². The summed E-state index contributed by atoms with van der Waals surface area (Å²) in [5.74, 6) is 1.31. The smallest absolute Gasteiger partial charge is 0.317 e. The molecule has 1 saturated carbocycles. The molecule has 6 heteroatoms. The average molecular weight is 342 g/mol. The molecule has 0 aromatic carbocycles. The fraction of sp³-hybridized carbons (Fsp3) is 0.632. The zero-order chi connectivity index (χ0) is 17.4. The van der Waals surface area contributed by atoms with Gasteiger partial charge in [-0.25, -0.2) is 4.79 Å². The van der Waals surface area contributed by atoms with Crippen molar-refractivity contribution in [2.75, 3.05) is 19.6 Å². The Morgan fingerprint density at radius 1 is 1.24 bits per heavy atom. The summed E-state index contributed by atoms with van der Waals surface area (Å²) in [4.78, 5) is 32.6. The fourth-order valence-electron chi connectivity index (χ4n) is 4.20. The lowest BCUT2D eigenvalue weighted by atomic mass is 9.90. The molecule has 1 aromatic rings. The van der Waals surface area contributed by atoms with Crippen molar-refractivity contribution in [2.24, 2.45) is 5.92 Å². The number of urea groups is 1. The van der Waals surface area contributed by atoms with Crippen LogP contribution in [0.25, 0.3) is 0 Å². The van der Waals surface area contributed by atoms with E-state index < -0.39 is 0 Å². The van der Waals surface area contributed by atoms with Gasteiger partial charge in [0.2, 0.25) is 5.91 Å². The Labute approximate surface area is 148 Å². The molecule has 0 radical (unpaired) electrons. The van der Waals surface area contributed by atoms with Crippen LogP contribution < -0.4 is 5.32 Å². The molecule has 4 rings (SSSR count). The van der Waals surface area contributed by atoms with Crippen molar-refractivity contribution >= 4 is 11.9 Å². The number of carbonyl (C=O) groups excluding carboxylic acids is 2. The van der Waals surface area contributed by atoms with E-state index in [1.54, 1.807) is 0 Å². The third-order valence-electron chi connectivity index (χ3n) is 5.91. The lowest BCUT2D eigenvalue weighted by Crippen LogP contribution is -2.48. The monoisotopic (exact) mass is 342 g/mol. The fourth-order valence-corrected chi connectivity index (χ4v) is 4.20. The molecule has 6 nitrogen and oxygen atoms in total. The van der Waals surface area contributed by atoms with Crippen LogP contribution in [-0.4, -0.2) is 58.4 Å². The second-order valence-electron chi connectivity index (χ2n) is 7.72. The van der Waals surface area contributed by atoms with Gasteiger partial charge < -0.3 is 15.1 Å². The number of hydrogen-bond donors (Lipinski definition) is 1. The van der Waals surface area contributed by atoms with E-state index in [0.717, 1.165) is 32.4 Å². The molecule has 2 saturated heterocycles. The first-order valence-corrected chi connectivity index (χ1v) is 9.36. The van der Waals surface area contributed by atoms with E-state index in [9.17, 15) is 9.59 Å². The highest BCUT2D eigenvalue weighted by Gasteiger charge is 2.45. The molecule has 0 spiro atoms. The first kappa shape index (κ1) is 16.4. The summed E-state index contributed by atoms with van der Waals surface area (Å²) in [6.07, 6.45) is 7.17. The van der Waals surface area contributed by atoms with Gasteiger partial charge in [0.05, 0.1) is 6.04 Å².